The maximum absolute atomic E-state index is 11.2. The standard InChI is InChI=1S/C28H31N3O2/c32-30-26-8-6-21-17-22(5-7-24(21)26)28-25(19-9-13-29-14-10-19)18-27(33-28)20-11-15-31(16-12-20)23-3-1-2-4-23/h5,7,9-10,13-14,17-18,20,23,26H,1-4,6,8,11-12,15-16H2. The van der Waals surface area contributed by atoms with Gasteiger partial charge in [0.25, 0.3) is 0 Å². The third kappa shape index (κ3) is 3.93. The Morgan fingerprint density at radius 1 is 0.909 bits per heavy atom. The van der Waals surface area contributed by atoms with Crippen LogP contribution >= 0.6 is 0 Å². The molecule has 2 aromatic heterocycles. The smallest absolute Gasteiger partial charge is 0.142 e. The Balaban J connectivity index is 1.31. The van der Waals surface area contributed by atoms with Gasteiger partial charge in [0.15, 0.2) is 0 Å². The van der Waals surface area contributed by atoms with Crippen LogP contribution in [0.1, 0.15) is 73.8 Å². The van der Waals surface area contributed by atoms with Crippen molar-refractivity contribution in [3.8, 4) is 22.5 Å². The zero-order valence-corrected chi connectivity index (χ0v) is 19.1. The maximum atomic E-state index is 11.2. The van der Waals surface area contributed by atoms with Gasteiger partial charge in [-0.25, -0.2) is 0 Å². The molecule has 0 amide bonds. The zero-order chi connectivity index (χ0) is 22.2. The van der Waals surface area contributed by atoms with E-state index in [1.807, 2.05) is 12.4 Å². The lowest BCUT2D eigenvalue weighted by atomic mass is 9.92. The predicted octanol–water partition coefficient (Wildman–Crippen LogP) is 6.88. The van der Waals surface area contributed by atoms with Crippen LogP contribution in [0.2, 0.25) is 0 Å². The van der Waals surface area contributed by atoms with Crippen molar-refractivity contribution in [2.75, 3.05) is 13.1 Å². The van der Waals surface area contributed by atoms with Gasteiger partial charge in [0.05, 0.1) is 0 Å². The molecule has 3 aliphatic rings. The number of nitroso groups, excluding NO2 is 1. The quantitative estimate of drug-likeness (QED) is 0.405. The number of pyridine rings is 1. The minimum absolute atomic E-state index is 0.203. The van der Waals surface area contributed by atoms with Crippen LogP contribution in [0.15, 0.2) is 58.4 Å². The van der Waals surface area contributed by atoms with Crippen molar-refractivity contribution in [1.82, 2.24) is 9.88 Å². The van der Waals surface area contributed by atoms with Crippen LogP contribution in [0.25, 0.3) is 22.5 Å². The van der Waals surface area contributed by atoms with E-state index in [0.29, 0.717) is 5.92 Å². The summed E-state index contributed by atoms with van der Waals surface area (Å²) in [6.45, 7) is 2.35. The number of rotatable bonds is 5. The lowest BCUT2D eigenvalue weighted by molar-refractivity contribution is 0.148. The molecule has 6 rings (SSSR count). The van der Waals surface area contributed by atoms with E-state index in [1.54, 1.807) is 0 Å². The number of furan rings is 1. The first kappa shape index (κ1) is 20.8. The maximum Gasteiger partial charge on any atom is 0.142 e. The minimum atomic E-state index is -0.203. The summed E-state index contributed by atoms with van der Waals surface area (Å²) in [6.07, 6.45) is 13.3. The van der Waals surface area contributed by atoms with Crippen LogP contribution in [0.3, 0.4) is 0 Å². The molecule has 1 atom stereocenters. The van der Waals surface area contributed by atoms with E-state index in [0.717, 1.165) is 65.5 Å². The highest BCUT2D eigenvalue weighted by molar-refractivity contribution is 5.80. The average Bonchev–Trinajstić information content (AvgIpc) is 3.64. The molecular formula is C28H31N3O2. The molecule has 1 aromatic carbocycles. The number of hydrogen-bond acceptors (Lipinski definition) is 5. The molecule has 2 fully saturated rings. The number of likely N-dealkylation sites (tertiary alicyclic amines) is 1. The largest absolute Gasteiger partial charge is 0.460 e. The fourth-order valence-corrected chi connectivity index (χ4v) is 6.24. The Hall–Kier alpha value is -2.79. The van der Waals surface area contributed by atoms with Gasteiger partial charge in [0.2, 0.25) is 0 Å². The summed E-state index contributed by atoms with van der Waals surface area (Å²) in [5.41, 5.74) is 5.65. The van der Waals surface area contributed by atoms with E-state index >= 15 is 0 Å². The Labute approximate surface area is 195 Å². The summed E-state index contributed by atoms with van der Waals surface area (Å²) in [7, 11) is 0. The van der Waals surface area contributed by atoms with Crippen molar-refractivity contribution in [1.29, 1.82) is 0 Å². The minimum Gasteiger partial charge on any atom is -0.460 e. The second-order valence-corrected chi connectivity index (χ2v) is 9.95. The van der Waals surface area contributed by atoms with Gasteiger partial charge < -0.3 is 9.32 Å². The SMILES string of the molecule is O=NC1CCc2cc(-c3oc(C4CCN(C5CCCC5)CC4)cc3-c3ccncc3)ccc21. The number of aryl methyl sites for hydroxylation is 1. The van der Waals surface area contributed by atoms with E-state index in [4.69, 9.17) is 4.42 Å². The van der Waals surface area contributed by atoms with Gasteiger partial charge in [-0.3, -0.25) is 4.98 Å². The topological polar surface area (TPSA) is 58.7 Å². The summed E-state index contributed by atoms with van der Waals surface area (Å²) >= 11 is 0. The molecule has 3 heterocycles. The molecule has 170 valence electrons. The lowest BCUT2D eigenvalue weighted by Crippen LogP contribution is -2.39. The van der Waals surface area contributed by atoms with E-state index in [1.165, 1.54) is 44.3 Å². The molecule has 1 saturated carbocycles. The molecule has 5 heteroatoms. The van der Waals surface area contributed by atoms with Gasteiger partial charge in [-0.15, -0.1) is 0 Å². The number of fused-ring (bicyclic) bond motifs is 1. The fraction of sp³-hybridized carbons (Fsp3) is 0.464. The molecule has 1 aliphatic heterocycles. The van der Waals surface area contributed by atoms with Crippen LogP contribution in [0, 0.1) is 4.91 Å². The molecule has 1 unspecified atom stereocenters. The Morgan fingerprint density at radius 3 is 2.45 bits per heavy atom. The highest BCUT2D eigenvalue weighted by atomic mass is 16.3. The molecule has 2 aliphatic carbocycles. The highest BCUT2D eigenvalue weighted by Gasteiger charge is 2.30. The van der Waals surface area contributed by atoms with E-state index < -0.39 is 0 Å². The molecule has 0 radical (unpaired) electrons. The van der Waals surface area contributed by atoms with Crippen molar-refractivity contribution in [3.05, 3.63) is 70.6 Å². The predicted molar refractivity (Wildman–Crippen MR) is 130 cm³/mol. The fourth-order valence-electron chi connectivity index (χ4n) is 6.24. The second-order valence-electron chi connectivity index (χ2n) is 9.95. The first-order valence-corrected chi connectivity index (χ1v) is 12.5. The van der Waals surface area contributed by atoms with Crippen LogP contribution in [0.4, 0.5) is 0 Å². The van der Waals surface area contributed by atoms with Crippen molar-refractivity contribution < 1.29 is 4.42 Å². The van der Waals surface area contributed by atoms with Gasteiger partial charge in [-0.05, 0) is 92.6 Å². The van der Waals surface area contributed by atoms with Gasteiger partial charge in [0.1, 0.15) is 17.6 Å². The molecule has 0 N–H and O–H groups in total. The summed E-state index contributed by atoms with van der Waals surface area (Å²) < 4.78 is 6.64. The number of aromatic nitrogens is 1. The summed E-state index contributed by atoms with van der Waals surface area (Å²) in [6, 6.07) is 13.4. The Bertz CT molecular complexity index is 1130. The molecule has 5 nitrogen and oxygen atoms in total. The molecule has 0 spiro atoms. The monoisotopic (exact) mass is 441 g/mol. The molecule has 3 aromatic rings. The number of piperidine rings is 1. The summed E-state index contributed by atoms with van der Waals surface area (Å²) in [4.78, 5) is 18.1. The van der Waals surface area contributed by atoms with Crippen molar-refractivity contribution in [2.24, 2.45) is 5.18 Å². The normalized spacial score (nSPS) is 22.0. The van der Waals surface area contributed by atoms with Gasteiger partial charge in [-0.1, -0.05) is 30.2 Å². The van der Waals surface area contributed by atoms with Gasteiger partial charge >= 0.3 is 0 Å². The molecule has 1 saturated heterocycles. The third-order valence-electron chi connectivity index (χ3n) is 8.09. The molecule has 33 heavy (non-hydrogen) atoms. The van der Waals surface area contributed by atoms with Crippen molar-refractivity contribution >= 4 is 0 Å². The van der Waals surface area contributed by atoms with E-state index in [2.05, 4.69) is 51.5 Å². The lowest BCUT2D eigenvalue weighted by Gasteiger charge is -2.35. The first-order chi connectivity index (χ1) is 16.3. The second kappa shape index (κ2) is 8.86. The number of benzene rings is 1. The van der Waals surface area contributed by atoms with E-state index in [9.17, 15) is 4.91 Å². The molecule has 0 bridgehead atoms. The number of nitrogens with zero attached hydrogens (tertiary/aromatic N) is 3. The van der Waals surface area contributed by atoms with Crippen molar-refractivity contribution in [2.45, 2.75) is 69.4 Å². The third-order valence-corrected chi connectivity index (χ3v) is 8.09. The molecular weight excluding hydrogens is 410 g/mol. The summed E-state index contributed by atoms with van der Waals surface area (Å²) in [5.74, 6) is 2.51. The van der Waals surface area contributed by atoms with Crippen LogP contribution in [-0.4, -0.2) is 29.0 Å². The number of hydrogen-bond donors (Lipinski definition) is 0. The van der Waals surface area contributed by atoms with Gasteiger partial charge in [-0.2, -0.15) is 4.91 Å². The Kier molecular flexibility index (Phi) is 5.58. The first-order valence-electron chi connectivity index (χ1n) is 12.5. The van der Waals surface area contributed by atoms with Gasteiger partial charge in [0, 0.05) is 35.5 Å². The zero-order valence-electron chi connectivity index (χ0n) is 19.1. The average molecular weight is 442 g/mol. The van der Waals surface area contributed by atoms with Crippen molar-refractivity contribution in [3.63, 3.8) is 0 Å². The van der Waals surface area contributed by atoms with E-state index in [-0.39, 0.29) is 6.04 Å². The van der Waals surface area contributed by atoms with Crippen LogP contribution in [-0.2, 0) is 6.42 Å². The van der Waals surface area contributed by atoms with Crippen LogP contribution < -0.4 is 0 Å². The summed E-state index contributed by atoms with van der Waals surface area (Å²) in [5, 5.41) is 3.31. The van der Waals surface area contributed by atoms with Crippen LogP contribution in [0.5, 0.6) is 0 Å². The highest BCUT2D eigenvalue weighted by Crippen LogP contribution is 2.43. The Morgan fingerprint density at radius 2 is 1.70 bits per heavy atom.